The maximum Gasteiger partial charge on any atom is 0.157 e. The van der Waals surface area contributed by atoms with E-state index in [9.17, 15) is 0 Å². The summed E-state index contributed by atoms with van der Waals surface area (Å²) in [7, 11) is 0. The molecule has 0 aromatic heterocycles. The van der Waals surface area contributed by atoms with Gasteiger partial charge in [-0.1, -0.05) is 48.5 Å². The molecule has 1 saturated heterocycles. The minimum Gasteiger partial charge on any atom is -0.360 e. The molecule has 1 aliphatic heterocycles. The molecule has 3 heteroatoms. The predicted octanol–water partition coefficient (Wildman–Crippen LogP) is 3.75. The highest BCUT2D eigenvalue weighted by Gasteiger charge is 2.27. The lowest BCUT2D eigenvalue weighted by atomic mass is 9.96. The van der Waals surface area contributed by atoms with Gasteiger partial charge in [0.15, 0.2) is 5.17 Å². The number of aryl methyl sites for hydroxylation is 1. The maximum atomic E-state index is 4.71. The number of nitrogens with zero attached hydrogens (tertiary/aromatic N) is 1. The Hall–Kier alpha value is -0.960. The zero-order chi connectivity index (χ0) is 13.0. The van der Waals surface area contributed by atoms with E-state index < -0.39 is 0 Å². The SMILES string of the molecule is CCC1(C)CCSC(=NCc2cccc(C)c2)N1. The zero-order valence-corrected chi connectivity index (χ0v) is 12.3. The van der Waals surface area contributed by atoms with E-state index in [1.807, 2.05) is 11.8 Å². The van der Waals surface area contributed by atoms with Crippen molar-refractivity contribution < 1.29 is 0 Å². The molecule has 1 aromatic rings. The number of amidine groups is 1. The highest BCUT2D eigenvalue weighted by Crippen LogP contribution is 2.25. The fourth-order valence-electron chi connectivity index (χ4n) is 2.05. The molecule has 1 aromatic carbocycles. The van der Waals surface area contributed by atoms with Crippen LogP contribution in [0, 0.1) is 6.92 Å². The van der Waals surface area contributed by atoms with Crippen molar-refractivity contribution in [2.75, 3.05) is 5.75 Å². The number of aliphatic imine (C=N–C) groups is 1. The summed E-state index contributed by atoms with van der Waals surface area (Å²) < 4.78 is 0. The quantitative estimate of drug-likeness (QED) is 0.897. The van der Waals surface area contributed by atoms with E-state index in [1.165, 1.54) is 23.3 Å². The van der Waals surface area contributed by atoms with Crippen LogP contribution >= 0.6 is 11.8 Å². The third-order valence-electron chi connectivity index (χ3n) is 3.57. The monoisotopic (exact) mass is 262 g/mol. The fourth-order valence-corrected chi connectivity index (χ4v) is 3.27. The minimum atomic E-state index is 0.233. The summed E-state index contributed by atoms with van der Waals surface area (Å²) in [5, 5.41) is 4.68. The number of rotatable bonds is 3. The Morgan fingerprint density at radius 3 is 3.00 bits per heavy atom. The van der Waals surface area contributed by atoms with Crippen molar-refractivity contribution in [2.45, 2.75) is 45.7 Å². The van der Waals surface area contributed by atoms with Crippen molar-refractivity contribution in [1.82, 2.24) is 5.32 Å². The van der Waals surface area contributed by atoms with Gasteiger partial charge in [-0.05, 0) is 32.3 Å². The smallest absolute Gasteiger partial charge is 0.157 e. The predicted molar refractivity (Wildman–Crippen MR) is 81.2 cm³/mol. The van der Waals surface area contributed by atoms with E-state index in [1.54, 1.807) is 0 Å². The molecule has 0 saturated carbocycles. The number of hydrogen-bond acceptors (Lipinski definition) is 2. The largest absolute Gasteiger partial charge is 0.360 e. The van der Waals surface area contributed by atoms with Crippen molar-refractivity contribution in [1.29, 1.82) is 0 Å². The Balaban J connectivity index is 2.01. The molecule has 1 fully saturated rings. The van der Waals surface area contributed by atoms with E-state index in [0.29, 0.717) is 0 Å². The van der Waals surface area contributed by atoms with Gasteiger partial charge >= 0.3 is 0 Å². The first kappa shape index (κ1) is 13.5. The molecule has 2 nitrogen and oxygen atoms in total. The molecule has 2 rings (SSSR count). The first-order valence-electron chi connectivity index (χ1n) is 6.62. The third kappa shape index (κ3) is 3.52. The minimum absolute atomic E-state index is 0.233. The lowest BCUT2D eigenvalue weighted by Crippen LogP contribution is -2.48. The molecule has 1 heterocycles. The van der Waals surface area contributed by atoms with Crippen molar-refractivity contribution in [2.24, 2.45) is 4.99 Å². The molecule has 0 spiro atoms. The Morgan fingerprint density at radius 2 is 2.28 bits per heavy atom. The van der Waals surface area contributed by atoms with Crippen LogP contribution in [0.25, 0.3) is 0 Å². The van der Waals surface area contributed by atoms with Gasteiger partial charge in [-0.25, -0.2) is 0 Å². The maximum absolute atomic E-state index is 4.71. The van der Waals surface area contributed by atoms with Crippen LogP contribution < -0.4 is 5.32 Å². The van der Waals surface area contributed by atoms with Gasteiger partial charge in [-0.15, -0.1) is 0 Å². The normalized spacial score (nSPS) is 26.1. The Morgan fingerprint density at radius 1 is 1.44 bits per heavy atom. The highest BCUT2D eigenvalue weighted by atomic mass is 32.2. The molecule has 1 atom stereocenters. The van der Waals surface area contributed by atoms with Gasteiger partial charge in [0.1, 0.15) is 0 Å². The summed E-state index contributed by atoms with van der Waals surface area (Å²) in [6, 6.07) is 8.57. The second-order valence-corrected chi connectivity index (χ2v) is 6.33. The lowest BCUT2D eigenvalue weighted by Gasteiger charge is -2.35. The molecule has 0 radical (unpaired) electrons. The second-order valence-electron chi connectivity index (χ2n) is 5.25. The van der Waals surface area contributed by atoms with Gasteiger partial charge in [0.05, 0.1) is 6.54 Å². The second kappa shape index (κ2) is 5.79. The molecular weight excluding hydrogens is 240 g/mol. The van der Waals surface area contributed by atoms with E-state index in [4.69, 9.17) is 4.99 Å². The molecule has 0 aliphatic carbocycles. The van der Waals surface area contributed by atoms with Crippen molar-refractivity contribution >= 4 is 16.9 Å². The number of thioether (sulfide) groups is 1. The molecule has 1 unspecified atom stereocenters. The molecule has 1 N–H and O–H groups in total. The van der Waals surface area contributed by atoms with Gasteiger partial charge in [0, 0.05) is 11.3 Å². The lowest BCUT2D eigenvalue weighted by molar-refractivity contribution is 0.390. The van der Waals surface area contributed by atoms with Crippen LogP contribution in [0.3, 0.4) is 0 Å². The van der Waals surface area contributed by atoms with Crippen LogP contribution in [-0.2, 0) is 6.54 Å². The average Bonchev–Trinajstić information content (AvgIpc) is 2.37. The molecule has 1 aliphatic rings. The standard InChI is InChI=1S/C15H22N2S/c1-4-15(3)8-9-18-14(17-15)16-11-13-7-5-6-12(2)10-13/h5-7,10H,4,8-9,11H2,1-3H3,(H,16,17). The van der Waals surface area contributed by atoms with Crippen LogP contribution in [0.1, 0.15) is 37.8 Å². The highest BCUT2D eigenvalue weighted by molar-refractivity contribution is 8.13. The molecular formula is C15H22N2S. The summed E-state index contributed by atoms with van der Waals surface area (Å²) in [5.74, 6) is 1.17. The first-order chi connectivity index (χ1) is 8.61. The van der Waals surface area contributed by atoms with E-state index in [0.717, 1.165) is 18.1 Å². The van der Waals surface area contributed by atoms with Gasteiger partial charge in [-0.3, -0.25) is 4.99 Å². The van der Waals surface area contributed by atoms with Crippen LogP contribution in [0.2, 0.25) is 0 Å². The third-order valence-corrected chi connectivity index (χ3v) is 4.48. The summed E-state index contributed by atoms with van der Waals surface area (Å²) in [6.45, 7) is 7.42. The van der Waals surface area contributed by atoms with Gasteiger partial charge in [0.25, 0.3) is 0 Å². The van der Waals surface area contributed by atoms with E-state index in [-0.39, 0.29) is 5.54 Å². The summed E-state index contributed by atoms with van der Waals surface area (Å²) >= 11 is 1.84. The summed E-state index contributed by atoms with van der Waals surface area (Å²) in [4.78, 5) is 4.71. The van der Waals surface area contributed by atoms with Crippen molar-refractivity contribution in [3.05, 3.63) is 35.4 Å². The molecule has 0 bridgehead atoms. The Kier molecular flexibility index (Phi) is 4.33. The summed E-state index contributed by atoms with van der Waals surface area (Å²) in [6.07, 6.45) is 2.37. The topological polar surface area (TPSA) is 24.4 Å². The van der Waals surface area contributed by atoms with E-state index >= 15 is 0 Å². The number of hydrogen-bond donors (Lipinski definition) is 1. The van der Waals surface area contributed by atoms with Crippen molar-refractivity contribution in [3.8, 4) is 0 Å². The Bertz CT molecular complexity index is 442. The van der Waals surface area contributed by atoms with E-state index in [2.05, 4.69) is 50.4 Å². The van der Waals surface area contributed by atoms with Gasteiger partial charge in [-0.2, -0.15) is 0 Å². The van der Waals surface area contributed by atoms with Crippen LogP contribution in [0.5, 0.6) is 0 Å². The number of nitrogens with one attached hydrogen (secondary N) is 1. The van der Waals surface area contributed by atoms with Crippen LogP contribution in [-0.4, -0.2) is 16.5 Å². The average molecular weight is 262 g/mol. The Labute approximate surface area is 114 Å². The van der Waals surface area contributed by atoms with Crippen LogP contribution in [0.4, 0.5) is 0 Å². The zero-order valence-electron chi connectivity index (χ0n) is 11.5. The molecule has 18 heavy (non-hydrogen) atoms. The summed E-state index contributed by atoms with van der Waals surface area (Å²) in [5.41, 5.74) is 2.82. The fraction of sp³-hybridized carbons (Fsp3) is 0.533. The van der Waals surface area contributed by atoms with Crippen molar-refractivity contribution in [3.63, 3.8) is 0 Å². The van der Waals surface area contributed by atoms with Gasteiger partial charge in [0.2, 0.25) is 0 Å². The first-order valence-corrected chi connectivity index (χ1v) is 7.61. The van der Waals surface area contributed by atoms with Gasteiger partial charge < -0.3 is 5.32 Å². The molecule has 0 amide bonds. The molecule has 98 valence electrons. The number of benzene rings is 1. The van der Waals surface area contributed by atoms with Crippen LogP contribution in [0.15, 0.2) is 29.3 Å².